The van der Waals surface area contributed by atoms with E-state index in [0.29, 0.717) is 12.6 Å². The van der Waals surface area contributed by atoms with E-state index in [0.717, 1.165) is 42.5 Å². The first kappa shape index (κ1) is 23.8. The van der Waals surface area contributed by atoms with Crippen molar-refractivity contribution in [2.45, 2.75) is 45.7 Å². The third kappa shape index (κ3) is 7.37. The molecule has 7 heteroatoms. The molecule has 0 amide bonds. The molecule has 2 N–H and O–H groups in total. The van der Waals surface area contributed by atoms with Crippen molar-refractivity contribution in [1.82, 2.24) is 15.5 Å². The monoisotopic (exact) mass is 490 g/mol. The topological polar surface area (TPSA) is 58.1 Å². The van der Waals surface area contributed by atoms with Crippen LogP contribution in [0.15, 0.2) is 23.2 Å². The summed E-state index contributed by atoms with van der Waals surface area (Å²) in [6.07, 6.45) is 3.80. The molecule has 1 unspecified atom stereocenters. The molecule has 0 saturated carbocycles. The molecule has 1 fully saturated rings. The summed E-state index contributed by atoms with van der Waals surface area (Å²) < 4.78 is 10.7. The van der Waals surface area contributed by atoms with Gasteiger partial charge in [0.2, 0.25) is 0 Å². The summed E-state index contributed by atoms with van der Waals surface area (Å²) in [5.74, 6) is 2.33. The van der Waals surface area contributed by atoms with Crippen LogP contribution in [0.3, 0.4) is 0 Å². The summed E-state index contributed by atoms with van der Waals surface area (Å²) in [6, 6.07) is 6.49. The maximum Gasteiger partial charge on any atom is 0.191 e. The number of nitrogens with one attached hydrogen (secondary N) is 2. The highest BCUT2D eigenvalue weighted by Gasteiger charge is 2.20. The summed E-state index contributed by atoms with van der Waals surface area (Å²) in [7, 11) is 3.30. The van der Waals surface area contributed by atoms with Gasteiger partial charge in [-0.1, -0.05) is 13.0 Å². The minimum Gasteiger partial charge on any atom is -0.493 e. The molecule has 0 bridgehead atoms. The lowest BCUT2D eigenvalue weighted by molar-refractivity contribution is 0.236. The maximum absolute atomic E-state index is 5.37. The van der Waals surface area contributed by atoms with Gasteiger partial charge in [-0.2, -0.15) is 0 Å². The smallest absolute Gasteiger partial charge is 0.191 e. The van der Waals surface area contributed by atoms with E-state index in [4.69, 9.17) is 14.5 Å². The Bertz CT molecular complexity index is 577. The van der Waals surface area contributed by atoms with E-state index >= 15 is 0 Å². The van der Waals surface area contributed by atoms with Gasteiger partial charge in [-0.25, -0.2) is 4.99 Å². The number of methoxy groups -OCH3 is 2. The Balaban J connectivity index is 0.00000364. The molecule has 27 heavy (non-hydrogen) atoms. The van der Waals surface area contributed by atoms with Gasteiger partial charge in [0.1, 0.15) is 0 Å². The fourth-order valence-electron chi connectivity index (χ4n) is 3.34. The fourth-order valence-corrected chi connectivity index (χ4v) is 3.34. The normalized spacial score (nSPS) is 15.8. The maximum atomic E-state index is 5.37. The van der Waals surface area contributed by atoms with E-state index in [1.165, 1.54) is 25.9 Å². The molecule has 6 nitrogen and oxygen atoms in total. The second-order valence-electron chi connectivity index (χ2n) is 6.57. The molecule has 1 heterocycles. The summed E-state index contributed by atoms with van der Waals surface area (Å²) in [4.78, 5) is 7.32. The summed E-state index contributed by atoms with van der Waals surface area (Å²) in [5.41, 5.74) is 1.09. The van der Waals surface area contributed by atoms with E-state index in [2.05, 4.69) is 29.4 Å². The number of aliphatic imine (C=N–C) groups is 1. The second-order valence-corrected chi connectivity index (χ2v) is 6.57. The number of rotatable bonds is 9. The van der Waals surface area contributed by atoms with Crippen molar-refractivity contribution in [3.8, 4) is 11.5 Å². The van der Waals surface area contributed by atoms with Gasteiger partial charge in [0.15, 0.2) is 17.5 Å². The van der Waals surface area contributed by atoms with E-state index in [9.17, 15) is 0 Å². The van der Waals surface area contributed by atoms with Crippen LogP contribution in [0.2, 0.25) is 0 Å². The van der Waals surface area contributed by atoms with Crippen LogP contribution in [-0.4, -0.2) is 57.3 Å². The third-order valence-electron chi connectivity index (χ3n) is 4.85. The highest BCUT2D eigenvalue weighted by atomic mass is 127. The molecule has 1 aromatic carbocycles. The van der Waals surface area contributed by atoms with Gasteiger partial charge in [-0.05, 0) is 57.0 Å². The first-order valence-electron chi connectivity index (χ1n) is 9.68. The largest absolute Gasteiger partial charge is 0.493 e. The Kier molecular flexibility index (Phi) is 11.5. The quantitative estimate of drug-likeness (QED) is 0.316. The lowest BCUT2D eigenvalue weighted by atomic mass is 10.2. The van der Waals surface area contributed by atoms with Gasteiger partial charge in [-0.15, -0.1) is 24.0 Å². The number of likely N-dealkylation sites (tertiary alicyclic amines) is 1. The zero-order valence-corrected chi connectivity index (χ0v) is 19.4. The summed E-state index contributed by atoms with van der Waals surface area (Å²) in [6.45, 7) is 9.16. The zero-order valence-electron chi connectivity index (χ0n) is 17.1. The standard InChI is InChI=1S/C20H34N4O2.HI/c1-5-17(24-11-7-8-12-24)15-23-20(21-6-2)22-14-16-9-10-18(25-3)19(13-16)26-4;/h9-10,13,17H,5-8,11-12,14-15H2,1-4H3,(H2,21,22,23);1H. The third-order valence-corrected chi connectivity index (χ3v) is 4.85. The van der Waals surface area contributed by atoms with Crippen molar-refractivity contribution >= 4 is 29.9 Å². The fraction of sp³-hybridized carbons (Fsp3) is 0.650. The van der Waals surface area contributed by atoms with Gasteiger partial charge < -0.3 is 20.1 Å². The van der Waals surface area contributed by atoms with Gasteiger partial charge in [-0.3, -0.25) is 4.90 Å². The van der Waals surface area contributed by atoms with Crippen LogP contribution in [0, 0.1) is 0 Å². The predicted octanol–water partition coefficient (Wildman–Crippen LogP) is 3.25. The van der Waals surface area contributed by atoms with Gasteiger partial charge >= 0.3 is 0 Å². The van der Waals surface area contributed by atoms with Crippen LogP contribution >= 0.6 is 24.0 Å². The van der Waals surface area contributed by atoms with E-state index < -0.39 is 0 Å². The number of nitrogens with zero attached hydrogens (tertiary/aromatic N) is 2. The molecule has 2 rings (SSSR count). The highest BCUT2D eigenvalue weighted by molar-refractivity contribution is 14.0. The van der Waals surface area contributed by atoms with E-state index in [1.54, 1.807) is 14.2 Å². The lowest BCUT2D eigenvalue weighted by Crippen LogP contribution is -2.46. The Hall–Kier alpha value is -1.22. The lowest BCUT2D eigenvalue weighted by Gasteiger charge is -2.27. The molecule has 1 aliphatic heterocycles. The zero-order chi connectivity index (χ0) is 18.8. The number of ether oxygens (including phenoxy) is 2. The molecule has 1 saturated heterocycles. The van der Waals surface area contributed by atoms with Crippen molar-refractivity contribution in [3.05, 3.63) is 23.8 Å². The Labute approximate surface area is 181 Å². The van der Waals surface area contributed by atoms with E-state index in [-0.39, 0.29) is 24.0 Å². The Morgan fingerprint density at radius 1 is 1.11 bits per heavy atom. The molecular formula is C20H35IN4O2. The predicted molar refractivity (Wildman–Crippen MR) is 123 cm³/mol. The molecule has 1 aromatic rings. The van der Waals surface area contributed by atoms with Gasteiger partial charge in [0.05, 0.1) is 20.8 Å². The Morgan fingerprint density at radius 2 is 1.81 bits per heavy atom. The number of hydrogen-bond donors (Lipinski definition) is 2. The van der Waals surface area contributed by atoms with Gasteiger partial charge in [0.25, 0.3) is 0 Å². The summed E-state index contributed by atoms with van der Waals surface area (Å²) in [5, 5.41) is 6.85. The van der Waals surface area contributed by atoms with Crippen molar-refractivity contribution in [1.29, 1.82) is 0 Å². The SMILES string of the molecule is CCNC(=NCc1ccc(OC)c(OC)c1)NCC(CC)N1CCCC1.I. The second kappa shape index (κ2) is 13.0. The van der Waals surface area contributed by atoms with Crippen LogP contribution in [0.4, 0.5) is 0 Å². The Morgan fingerprint density at radius 3 is 2.41 bits per heavy atom. The molecular weight excluding hydrogens is 455 g/mol. The minimum atomic E-state index is 0. The van der Waals surface area contributed by atoms with Crippen molar-refractivity contribution < 1.29 is 9.47 Å². The molecule has 0 aliphatic carbocycles. The van der Waals surface area contributed by atoms with Crippen LogP contribution in [-0.2, 0) is 6.54 Å². The average molecular weight is 490 g/mol. The van der Waals surface area contributed by atoms with Crippen LogP contribution < -0.4 is 20.1 Å². The molecule has 0 aromatic heterocycles. The number of halogens is 1. The molecule has 1 atom stereocenters. The number of hydrogen-bond acceptors (Lipinski definition) is 4. The molecule has 1 aliphatic rings. The summed E-state index contributed by atoms with van der Waals surface area (Å²) >= 11 is 0. The number of guanidine groups is 1. The van der Waals surface area contributed by atoms with Crippen LogP contribution in [0.5, 0.6) is 11.5 Å². The van der Waals surface area contributed by atoms with Crippen LogP contribution in [0.1, 0.15) is 38.7 Å². The average Bonchev–Trinajstić information content (AvgIpc) is 3.20. The first-order valence-corrected chi connectivity index (χ1v) is 9.68. The first-order chi connectivity index (χ1) is 12.7. The number of benzene rings is 1. The van der Waals surface area contributed by atoms with Crippen molar-refractivity contribution in [2.24, 2.45) is 4.99 Å². The molecule has 0 spiro atoms. The van der Waals surface area contributed by atoms with Crippen LogP contribution in [0.25, 0.3) is 0 Å². The van der Waals surface area contributed by atoms with Crippen molar-refractivity contribution in [2.75, 3.05) is 40.4 Å². The molecule has 0 radical (unpaired) electrons. The highest BCUT2D eigenvalue weighted by Crippen LogP contribution is 2.27. The molecule has 154 valence electrons. The van der Waals surface area contributed by atoms with Crippen molar-refractivity contribution in [3.63, 3.8) is 0 Å². The van der Waals surface area contributed by atoms with Gasteiger partial charge in [0, 0.05) is 19.1 Å². The van der Waals surface area contributed by atoms with E-state index in [1.807, 2.05) is 18.2 Å². The minimum absolute atomic E-state index is 0.